The van der Waals surface area contributed by atoms with E-state index in [0.717, 1.165) is 16.2 Å². The predicted molar refractivity (Wildman–Crippen MR) is 120 cm³/mol. The van der Waals surface area contributed by atoms with Crippen LogP contribution in [0.15, 0.2) is 78.9 Å². The van der Waals surface area contributed by atoms with Gasteiger partial charge in [-0.25, -0.2) is 9.96 Å². The van der Waals surface area contributed by atoms with Crippen molar-refractivity contribution in [2.75, 3.05) is 9.96 Å². The molecule has 3 aromatic carbocycles. The van der Waals surface area contributed by atoms with E-state index in [1.54, 1.807) is 24.1 Å². The molecule has 3 aromatic rings. The highest BCUT2D eigenvalue weighted by Gasteiger charge is 2.68. The number of hydrogen-bond acceptors (Lipinski definition) is 4. The molecule has 5 rings (SSSR count). The summed E-state index contributed by atoms with van der Waals surface area (Å²) in [5, 5.41) is 2.31. The van der Waals surface area contributed by atoms with Gasteiger partial charge >= 0.3 is 0 Å². The van der Waals surface area contributed by atoms with Gasteiger partial charge in [0.15, 0.2) is 6.10 Å². The number of carbonyl (C=O) groups is 2. The summed E-state index contributed by atoms with van der Waals surface area (Å²) in [5.41, 5.74) is 0.893. The fourth-order valence-corrected chi connectivity index (χ4v) is 4.72. The van der Waals surface area contributed by atoms with Gasteiger partial charge in [0.2, 0.25) is 5.91 Å². The molecule has 2 heterocycles. The second-order valence-corrected chi connectivity index (χ2v) is 8.63. The Bertz CT molecular complexity index is 1170. The van der Waals surface area contributed by atoms with Crippen LogP contribution in [0.4, 0.5) is 11.4 Å². The summed E-state index contributed by atoms with van der Waals surface area (Å²) < 4.78 is 0. The normalized spacial score (nSPS) is 25.3. The molecule has 2 aliphatic rings. The lowest BCUT2D eigenvalue weighted by atomic mass is 9.76. The average Bonchev–Trinajstić information content (AvgIpc) is 3.20. The minimum Gasteiger partial charge on any atom is -0.273 e. The quantitative estimate of drug-likeness (QED) is 0.496. The molecule has 0 saturated carbocycles. The average molecular weight is 453 g/mol. The van der Waals surface area contributed by atoms with Crippen molar-refractivity contribution < 1.29 is 14.4 Å². The first-order chi connectivity index (χ1) is 14.9. The molecule has 0 radical (unpaired) electrons. The van der Waals surface area contributed by atoms with Crippen LogP contribution in [0.5, 0.6) is 0 Å². The Hall–Kier alpha value is -2.86. The summed E-state index contributed by atoms with van der Waals surface area (Å²) in [7, 11) is 0. The van der Waals surface area contributed by atoms with Crippen molar-refractivity contribution in [3.8, 4) is 0 Å². The standard InChI is InChI=1S/C24H18Cl2N2O3/c1-24-20(15-8-4-2-5-9-15)28(16-10-6-3-7-11-16)31-21(24)22(29)27(23(24)30)17-12-13-18(25)19(26)14-17/h2-14,20-21H,1H3/t20-,21-,24+/m0/s1. The van der Waals surface area contributed by atoms with Crippen LogP contribution in [0.25, 0.3) is 0 Å². The van der Waals surface area contributed by atoms with Gasteiger partial charge in [-0.05, 0) is 42.8 Å². The summed E-state index contributed by atoms with van der Waals surface area (Å²) in [5.74, 6) is -0.765. The third-order valence-electron chi connectivity index (χ3n) is 5.96. The fourth-order valence-electron chi connectivity index (χ4n) is 4.43. The molecule has 2 aliphatic heterocycles. The number of para-hydroxylation sites is 1. The van der Waals surface area contributed by atoms with E-state index in [1.165, 1.54) is 6.07 Å². The maximum Gasteiger partial charge on any atom is 0.266 e. The lowest BCUT2D eigenvalue weighted by Crippen LogP contribution is -2.41. The molecule has 7 heteroatoms. The minimum absolute atomic E-state index is 0.272. The largest absolute Gasteiger partial charge is 0.273 e. The summed E-state index contributed by atoms with van der Waals surface area (Å²) in [4.78, 5) is 34.6. The Morgan fingerprint density at radius 2 is 1.48 bits per heavy atom. The second kappa shape index (κ2) is 7.38. The van der Waals surface area contributed by atoms with Crippen LogP contribution in [0.1, 0.15) is 18.5 Å². The smallest absolute Gasteiger partial charge is 0.266 e. The number of hydrogen-bond donors (Lipinski definition) is 0. The molecule has 0 N–H and O–H groups in total. The molecule has 0 aliphatic carbocycles. The topological polar surface area (TPSA) is 49.9 Å². The van der Waals surface area contributed by atoms with E-state index < -0.39 is 23.5 Å². The van der Waals surface area contributed by atoms with Gasteiger partial charge in [0.05, 0.1) is 27.5 Å². The van der Waals surface area contributed by atoms with Crippen molar-refractivity contribution in [3.05, 3.63) is 94.5 Å². The third-order valence-corrected chi connectivity index (χ3v) is 6.70. The van der Waals surface area contributed by atoms with Crippen molar-refractivity contribution in [2.24, 2.45) is 5.41 Å². The first-order valence-electron chi connectivity index (χ1n) is 9.82. The van der Waals surface area contributed by atoms with Gasteiger partial charge in [-0.2, -0.15) is 0 Å². The minimum atomic E-state index is -1.14. The number of rotatable bonds is 3. The van der Waals surface area contributed by atoms with Gasteiger partial charge in [0.25, 0.3) is 5.91 Å². The van der Waals surface area contributed by atoms with Crippen molar-refractivity contribution >= 4 is 46.4 Å². The first-order valence-corrected chi connectivity index (χ1v) is 10.6. The molecule has 0 bridgehead atoms. The maximum absolute atomic E-state index is 13.8. The highest BCUT2D eigenvalue weighted by molar-refractivity contribution is 6.42. The van der Waals surface area contributed by atoms with Gasteiger partial charge in [-0.1, -0.05) is 71.7 Å². The summed E-state index contributed by atoms with van der Waals surface area (Å²) >= 11 is 12.2. The number of hydroxylamine groups is 1. The lowest BCUT2D eigenvalue weighted by Gasteiger charge is -2.32. The van der Waals surface area contributed by atoms with E-state index in [-0.39, 0.29) is 10.9 Å². The van der Waals surface area contributed by atoms with Crippen LogP contribution in [0, 0.1) is 5.41 Å². The predicted octanol–water partition coefficient (Wildman–Crippen LogP) is 5.43. The number of nitrogens with zero attached hydrogens (tertiary/aromatic N) is 2. The highest BCUT2D eigenvalue weighted by Crippen LogP contribution is 2.55. The molecule has 5 nitrogen and oxygen atoms in total. The summed E-state index contributed by atoms with van der Waals surface area (Å²) in [6, 6.07) is 23.3. The van der Waals surface area contributed by atoms with Gasteiger partial charge < -0.3 is 0 Å². The third kappa shape index (κ3) is 2.96. The number of amides is 2. The Morgan fingerprint density at radius 1 is 0.839 bits per heavy atom. The number of carbonyl (C=O) groups excluding carboxylic acids is 2. The zero-order valence-electron chi connectivity index (χ0n) is 16.5. The van der Waals surface area contributed by atoms with Crippen molar-refractivity contribution in [2.45, 2.75) is 19.1 Å². The molecule has 2 saturated heterocycles. The number of anilines is 2. The maximum atomic E-state index is 13.8. The Balaban J connectivity index is 1.63. The molecule has 2 amide bonds. The molecule has 0 aromatic heterocycles. The van der Waals surface area contributed by atoms with E-state index >= 15 is 0 Å². The molecule has 31 heavy (non-hydrogen) atoms. The Morgan fingerprint density at radius 3 is 2.13 bits per heavy atom. The molecule has 156 valence electrons. The van der Waals surface area contributed by atoms with E-state index in [2.05, 4.69) is 0 Å². The van der Waals surface area contributed by atoms with Crippen molar-refractivity contribution in [1.82, 2.24) is 0 Å². The van der Waals surface area contributed by atoms with Crippen molar-refractivity contribution in [3.63, 3.8) is 0 Å². The number of imide groups is 1. The van der Waals surface area contributed by atoms with Crippen LogP contribution in [0.3, 0.4) is 0 Å². The van der Waals surface area contributed by atoms with Gasteiger partial charge in [-0.3, -0.25) is 14.4 Å². The molecule has 2 fully saturated rings. The van der Waals surface area contributed by atoms with Gasteiger partial charge in [-0.15, -0.1) is 0 Å². The van der Waals surface area contributed by atoms with Crippen LogP contribution in [0.2, 0.25) is 10.0 Å². The van der Waals surface area contributed by atoms with Gasteiger partial charge in [0.1, 0.15) is 5.41 Å². The van der Waals surface area contributed by atoms with Crippen LogP contribution in [-0.2, 0) is 14.4 Å². The van der Waals surface area contributed by atoms with Crippen LogP contribution < -0.4 is 9.96 Å². The zero-order chi connectivity index (χ0) is 21.8. The number of benzene rings is 3. The number of halogens is 2. The van der Waals surface area contributed by atoms with Crippen molar-refractivity contribution in [1.29, 1.82) is 0 Å². The highest BCUT2D eigenvalue weighted by atomic mass is 35.5. The zero-order valence-corrected chi connectivity index (χ0v) is 18.0. The molecular formula is C24H18Cl2N2O3. The number of fused-ring (bicyclic) bond motifs is 1. The van der Waals surface area contributed by atoms with E-state index in [9.17, 15) is 9.59 Å². The molecule has 3 atom stereocenters. The Labute approximate surface area is 189 Å². The summed E-state index contributed by atoms with van der Waals surface area (Å²) in [6.45, 7) is 1.79. The molecular weight excluding hydrogens is 435 g/mol. The van der Waals surface area contributed by atoms with Gasteiger partial charge in [0, 0.05) is 0 Å². The fraction of sp³-hybridized carbons (Fsp3) is 0.167. The van der Waals surface area contributed by atoms with E-state index in [1.807, 2.05) is 60.7 Å². The molecule has 0 spiro atoms. The SMILES string of the molecule is C[C@]12C(=O)N(c3ccc(Cl)c(Cl)c3)C(=O)[C@@H]1ON(c1ccccc1)[C@H]2c1ccccc1. The van der Waals surface area contributed by atoms with Crippen LogP contribution in [-0.4, -0.2) is 17.9 Å². The second-order valence-electron chi connectivity index (χ2n) is 7.82. The van der Waals surface area contributed by atoms with Crippen LogP contribution >= 0.6 is 23.2 Å². The van der Waals surface area contributed by atoms with E-state index in [4.69, 9.17) is 28.0 Å². The summed E-state index contributed by atoms with van der Waals surface area (Å²) in [6.07, 6.45) is -0.972. The Kier molecular flexibility index (Phi) is 4.77. The lowest BCUT2D eigenvalue weighted by molar-refractivity contribution is -0.128. The van der Waals surface area contributed by atoms with E-state index in [0.29, 0.717) is 10.7 Å². The molecule has 0 unspecified atom stereocenters. The monoisotopic (exact) mass is 452 g/mol. The first kappa shape index (κ1) is 20.1.